The van der Waals surface area contributed by atoms with Crippen molar-refractivity contribution in [1.29, 1.82) is 5.26 Å². The molecule has 1 heterocycles. The fourth-order valence-corrected chi connectivity index (χ4v) is 3.45. The minimum absolute atomic E-state index is 0. The van der Waals surface area contributed by atoms with Crippen molar-refractivity contribution >= 4 is 35.8 Å². The highest BCUT2D eigenvalue weighted by molar-refractivity contribution is 6.30. The monoisotopic (exact) mass is 503 g/mol. The molecule has 1 N–H and O–H groups in total. The Morgan fingerprint density at radius 2 is 1.88 bits per heavy atom. The molecule has 0 spiro atoms. The number of ether oxygens (including phenoxy) is 2. The highest BCUT2D eigenvalue weighted by atomic mass is 35.5. The van der Waals surface area contributed by atoms with Crippen LogP contribution in [0, 0.1) is 11.3 Å². The van der Waals surface area contributed by atoms with E-state index in [0.717, 1.165) is 0 Å². The van der Waals surface area contributed by atoms with Gasteiger partial charge in [0.1, 0.15) is 11.9 Å². The molecule has 2 atom stereocenters. The van der Waals surface area contributed by atoms with Gasteiger partial charge in [0, 0.05) is 23.8 Å². The quantitative estimate of drug-likeness (QED) is 0.550. The number of alkyl halides is 3. The summed E-state index contributed by atoms with van der Waals surface area (Å²) in [7, 11) is 0. The molecule has 1 fully saturated rings. The molecule has 0 bridgehead atoms. The SMILES string of the molecule is Cl.N#Cc1ccc(OC2CCCN(C[C@H](OC(=O)Nc3ccc(Cl)cc3)C(F)(F)F)C2)cc1. The first-order valence-electron chi connectivity index (χ1n) is 9.92. The van der Waals surface area contributed by atoms with Crippen molar-refractivity contribution in [1.82, 2.24) is 4.90 Å². The molecule has 0 aliphatic carbocycles. The van der Waals surface area contributed by atoms with Crippen LogP contribution in [0.25, 0.3) is 0 Å². The molecular formula is C22H22Cl2F3N3O3. The molecule has 178 valence electrons. The molecule has 1 unspecified atom stereocenters. The molecule has 1 aliphatic rings. The number of carbonyl (C=O) groups is 1. The van der Waals surface area contributed by atoms with Gasteiger partial charge in [0.05, 0.1) is 11.6 Å². The third kappa shape index (κ3) is 8.31. The first kappa shape index (κ1) is 26.6. The molecule has 1 amide bonds. The van der Waals surface area contributed by atoms with E-state index in [2.05, 4.69) is 5.32 Å². The van der Waals surface area contributed by atoms with Crippen LogP contribution in [0.3, 0.4) is 0 Å². The van der Waals surface area contributed by atoms with Gasteiger partial charge in [0.15, 0.2) is 0 Å². The zero-order chi connectivity index (χ0) is 23.1. The maximum Gasteiger partial charge on any atom is 0.426 e. The van der Waals surface area contributed by atoms with Crippen LogP contribution in [-0.4, -0.2) is 49.0 Å². The molecule has 0 saturated carbocycles. The first-order valence-corrected chi connectivity index (χ1v) is 10.3. The minimum Gasteiger partial charge on any atom is -0.489 e. The summed E-state index contributed by atoms with van der Waals surface area (Å²) in [4.78, 5) is 13.6. The van der Waals surface area contributed by atoms with Crippen LogP contribution in [0.15, 0.2) is 48.5 Å². The van der Waals surface area contributed by atoms with E-state index in [4.69, 9.17) is 26.3 Å². The number of nitrogens with zero attached hydrogens (tertiary/aromatic N) is 2. The zero-order valence-electron chi connectivity index (χ0n) is 17.3. The number of rotatable bonds is 6. The Morgan fingerprint density at radius 3 is 2.48 bits per heavy atom. The summed E-state index contributed by atoms with van der Waals surface area (Å²) in [6, 6.07) is 14.5. The number of amides is 1. The number of carbonyl (C=O) groups excluding carboxylic acids is 1. The van der Waals surface area contributed by atoms with E-state index in [1.54, 1.807) is 29.2 Å². The molecular weight excluding hydrogens is 482 g/mol. The highest BCUT2D eigenvalue weighted by Crippen LogP contribution is 2.26. The van der Waals surface area contributed by atoms with E-state index >= 15 is 0 Å². The zero-order valence-corrected chi connectivity index (χ0v) is 18.9. The van der Waals surface area contributed by atoms with Gasteiger partial charge < -0.3 is 9.47 Å². The summed E-state index contributed by atoms with van der Waals surface area (Å²) >= 11 is 5.76. The van der Waals surface area contributed by atoms with E-state index in [0.29, 0.717) is 35.7 Å². The first-order chi connectivity index (χ1) is 15.2. The Morgan fingerprint density at radius 1 is 1.21 bits per heavy atom. The summed E-state index contributed by atoms with van der Waals surface area (Å²) in [5.41, 5.74) is 0.763. The number of hydrogen-bond donors (Lipinski definition) is 1. The number of benzene rings is 2. The summed E-state index contributed by atoms with van der Waals surface area (Å²) in [5, 5.41) is 11.6. The minimum atomic E-state index is -4.72. The van der Waals surface area contributed by atoms with Gasteiger partial charge in [-0.05, 0) is 67.9 Å². The van der Waals surface area contributed by atoms with Crippen LogP contribution in [0.1, 0.15) is 18.4 Å². The van der Waals surface area contributed by atoms with Gasteiger partial charge in [-0.1, -0.05) is 11.6 Å². The maximum absolute atomic E-state index is 13.5. The average Bonchev–Trinajstić information content (AvgIpc) is 2.75. The fourth-order valence-electron chi connectivity index (χ4n) is 3.33. The lowest BCUT2D eigenvalue weighted by atomic mass is 10.1. The van der Waals surface area contributed by atoms with Crippen molar-refractivity contribution in [3.05, 3.63) is 59.1 Å². The molecule has 3 rings (SSSR count). The second kappa shape index (κ2) is 12.0. The summed E-state index contributed by atoms with van der Waals surface area (Å²) in [6.45, 7) is 0.196. The predicted molar refractivity (Wildman–Crippen MR) is 120 cm³/mol. The molecule has 33 heavy (non-hydrogen) atoms. The average molecular weight is 504 g/mol. The van der Waals surface area contributed by atoms with E-state index in [1.807, 2.05) is 6.07 Å². The Balaban J connectivity index is 0.00000385. The van der Waals surface area contributed by atoms with Gasteiger partial charge in [-0.2, -0.15) is 18.4 Å². The Bertz CT molecular complexity index is 951. The molecule has 0 aromatic heterocycles. The topological polar surface area (TPSA) is 74.6 Å². The molecule has 11 heteroatoms. The number of halogens is 5. The van der Waals surface area contributed by atoms with E-state index in [-0.39, 0.29) is 30.7 Å². The van der Waals surface area contributed by atoms with Gasteiger partial charge >= 0.3 is 12.3 Å². The third-order valence-corrected chi connectivity index (χ3v) is 5.13. The van der Waals surface area contributed by atoms with Gasteiger partial charge in [0.2, 0.25) is 6.10 Å². The molecule has 2 aromatic carbocycles. The van der Waals surface area contributed by atoms with Gasteiger partial charge in [-0.15, -0.1) is 12.4 Å². The second-order valence-electron chi connectivity index (χ2n) is 7.35. The molecule has 1 saturated heterocycles. The third-order valence-electron chi connectivity index (χ3n) is 4.88. The number of nitriles is 1. The number of nitrogens with one attached hydrogen (secondary N) is 1. The largest absolute Gasteiger partial charge is 0.489 e. The lowest BCUT2D eigenvalue weighted by molar-refractivity contribution is -0.207. The Labute approximate surface area is 200 Å². The fraction of sp³-hybridized carbons (Fsp3) is 0.364. The van der Waals surface area contributed by atoms with Crippen LogP contribution >= 0.6 is 24.0 Å². The van der Waals surface area contributed by atoms with Crippen molar-refractivity contribution in [3.8, 4) is 11.8 Å². The molecule has 2 aromatic rings. The summed E-state index contributed by atoms with van der Waals surface area (Å²) < 4.78 is 51.2. The van der Waals surface area contributed by atoms with Crippen LogP contribution < -0.4 is 10.1 Å². The number of anilines is 1. The maximum atomic E-state index is 13.5. The lowest BCUT2D eigenvalue weighted by Crippen LogP contribution is -2.49. The lowest BCUT2D eigenvalue weighted by Gasteiger charge is -2.35. The van der Waals surface area contributed by atoms with Crippen molar-refractivity contribution in [2.75, 3.05) is 25.0 Å². The van der Waals surface area contributed by atoms with Gasteiger partial charge in [-0.3, -0.25) is 10.2 Å². The van der Waals surface area contributed by atoms with E-state index in [9.17, 15) is 18.0 Å². The van der Waals surface area contributed by atoms with Crippen molar-refractivity contribution < 1.29 is 27.4 Å². The molecule has 6 nitrogen and oxygen atoms in total. The summed E-state index contributed by atoms with van der Waals surface area (Å²) in [5.74, 6) is 0.543. The summed E-state index contributed by atoms with van der Waals surface area (Å²) in [6.07, 6.45) is -7.19. The van der Waals surface area contributed by atoms with Crippen LogP contribution in [0.4, 0.5) is 23.7 Å². The van der Waals surface area contributed by atoms with Crippen LogP contribution in [-0.2, 0) is 4.74 Å². The van der Waals surface area contributed by atoms with Crippen molar-refractivity contribution in [2.45, 2.75) is 31.2 Å². The van der Waals surface area contributed by atoms with Gasteiger partial charge in [-0.25, -0.2) is 4.79 Å². The van der Waals surface area contributed by atoms with Crippen molar-refractivity contribution in [3.63, 3.8) is 0 Å². The highest BCUT2D eigenvalue weighted by Gasteiger charge is 2.44. The molecule has 0 radical (unpaired) electrons. The Kier molecular flexibility index (Phi) is 9.65. The number of piperidine rings is 1. The van der Waals surface area contributed by atoms with E-state index < -0.39 is 24.9 Å². The number of hydrogen-bond acceptors (Lipinski definition) is 5. The smallest absolute Gasteiger partial charge is 0.426 e. The number of likely N-dealkylation sites (tertiary alicyclic amines) is 1. The predicted octanol–water partition coefficient (Wildman–Crippen LogP) is 5.66. The van der Waals surface area contributed by atoms with Crippen LogP contribution in [0.2, 0.25) is 5.02 Å². The Hall–Kier alpha value is -2.67. The van der Waals surface area contributed by atoms with Gasteiger partial charge in [0.25, 0.3) is 0 Å². The van der Waals surface area contributed by atoms with E-state index in [1.165, 1.54) is 24.3 Å². The molecule has 1 aliphatic heterocycles. The van der Waals surface area contributed by atoms with Crippen LogP contribution in [0.5, 0.6) is 5.75 Å². The second-order valence-corrected chi connectivity index (χ2v) is 7.78. The van der Waals surface area contributed by atoms with Crippen molar-refractivity contribution in [2.24, 2.45) is 0 Å². The standard InChI is InChI=1S/C22H21ClF3N3O3.ClH/c23-16-5-7-17(8-6-16)28-21(30)32-20(22(24,25)26)14-29-11-1-2-19(13-29)31-18-9-3-15(12-27)4-10-18;/h3-10,19-20H,1-2,11,13-14H2,(H,28,30);1H/t19?,20-;/m0./s1. The normalized spacial score (nSPS) is 17.2.